The quantitative estimate of drug-likeness (QED) is 0.198. The highest BCUT2D eigenvalue weighted by Crippen LogP contribution is 2.57. The Morgan fingerprint density at radius 2 is 1.05 bits per heavy atom. The Bertz CT molecular complexity index is 2490. The van der Waals surface area contributed by atoms with Crippen molar-refractivity contribution in [2.24, 2.45) is 0 Å². The zero-order valence-corrected chi connectivity index (χ0v) is 22.6. The summed E-state index contributed by atoms with van der Waals surface area (Å²) < 4.78 is 2.80. The van der Waals surface area contributed by atoms with E-state index >= 15 is 0 Å². The van der Waals surface area contributed by atoms with Crippen LogP contribution >= 0.6 is 11.3 Å². The fourth-order valence-corrected chi connectivity index (χ4v) is 9.77. The van der Waals surface area contributed by atoms with E-state index in [9.17, 15) is 0 Å². The molecule has 0 unspecified atom stereocenters. The lowest BCUT2D eigenvalue weighted by atomic mass is 9.89. The maximum atomic E-state index is 2.57. The molecule has 1 heterocycles. The molecular weight excluding hydrogens is 500 g/mol. The number of thiophene rings is 1. The first-order valence-corrected chi connectivity index (χ1v) is 15.1. The number of rotatable bonds is 2. The summed E-state index contributed by atoms with van der Waals surface area (Å²) in [6, 6.07) is 36.9. The summed E-state index contributed by atoms with van der Waals surface area (Å²) in [5.74, 6) is 0. The van der Waals surface area contributed by atoms with Gasteiger partial charge >= 0.3 is 0 Å². The molecule has 7 aromatic carbocycles. The molecule has 3 aliphatic carbocycles. The van der Waals surface area contributed by atoms with E-state index in [1.807, 2.05) is 11.3 Å². The van der Waals surface area contributed by atoms with Crippen LogP contribution in [0.1, 0.15) is 33.4 Å². The summed E-state index contributed by atoms with van der Waals surface area (Å²) >= 11 is 1.95. The van der Waals surface area contributed by atoms with Gasteiger partial charge in [-0.2, -0.15) is 0 Å². The monoisotopic (exact) mass is 522 g/mol. The van der Waals surface area contributed by atoms with Crippen molar-refractivity contribution in [2.45, 2.75) is 19.3 Å². The van der Waals surface area contributed by atoms with Crippen LogP contribution in [0.15, 0.2) is 97.1 Å². The second-order valence-corrected chi connectivity index (χ2v) is 13.0. The summed E-state index contributed by atoms with van der Waals surface area (Å²) in [6.07, 6.45) is 3.10. The van der Waals surface area contributed by atoms with Crippen LogP contribution in [0.5, 0.6) is 0 Å². The van der Waals surface area contributed by atoms with Gasteiger partial charge in [0.15, 0.2) is 0 Å². The first-order valence-electron chi connectivity index (χ1n) is 14.3. The number of hydrogen-bond donors (Lipinski definition) is 0. The fraction of sp³-hybridized carbons (Fsp3) is 0.0769. The van der Waals surface area contributed by atoms with Gasteiger partial charge < -0.3 is 0 Å². The molecular formula is C39H22S. The van der Waals surface area contributed by atoms with Gasteiger partial charge in [0.05, 0.1) is 0 Å². The van der Waals surface area contributed by atoms with Crippen molar-refractivity contribution in [1.82, 2.24) is 0 Å². The Labute approximate surface area is 235 Å². The van der Waals surface area contributed by atoms with Crippen molar-refractivity contribution >= 4 is 63.8 Å². The molecule has 1 aromatic heterocycles. The van der Waals surface area contributed by atoms with Crippen molar-refractivity contribution in [1.29, 1.82) is 0 Å². The van der Waals surface area contributed by atoms with E-state index in [4.69, 9.17) is 0 Å². The predicted octanol–water partition coefficient (Wildman–Crippen LogP) is 10.6. The molecule has 1 heteroatoms. The first-order chi connectivity index (χ1) is 19.8. The van der Waals surface area contributed by atoms with Crippen molar-refractivity contribution in [3.8, 4) is 22.3 Å². The Morgan fingerprint density at radius 1 is 0.425 bits per heavy atom. The zero-order chi connectivity index (χ0) is 25.7. The standard InChI is InChI=1S/C39H22S/c1-2-7-20(8-3-1)28-17-24-19-31-29(27-11-6-10-26-25-9-4-5-12-32(25)40-39(26)27)18-23-15-21-13-14-22-16-30(28)37-34(22)33(21)35(23)38(31)36(24)37/h1-14,17-18H,15-16,19H2. The number of hydrogen-bond acceptors (Lipinski definition) is 1. The maximum Gasteiger partial charge on any atom is 0.0433 e. The van der Waals surface area contributed by atoms with Crippen molar-refractivity contribution in [3.63, 3.8) is 0 Å². The molecule has 0 atom stereocenters. The summed E-state index contributed by atoms with van der Waals surface area (Å²) in [6.45, 7) is 0. The summed E-state index contributed by atoms with van der Waals surface area (Å²) in [5.41, 5.74) is 14.8. The zero-order valence-electron chi connectivity index (χ0n) is 21.8. The average Bonchev–Trinajstić information content (AvgIpc) is 3.75. The van der Waals surface area contributed by atoms with Crippen LogP contribution in [0.25, 0.3) is 74.7 Å². The highest BCUT2D eigenvalue weighted by molar-refractivity contribution is 7.26. The van der Waals surface area contributed by atoms with Crippen molar-refractivity contribution in [2.75, 3.05) is 0 Å². The average molecular weight is 523 g/mol. The van der Waals surface area contributed by atoms with E-state index in [-0.39, 0.29) is 0 Å². The van der Waals surface area contributed by atoms with Gasteiger partial charge in [-0.15, -0.1) is 11.3 Å². The smallest absolute Gasteiger partial charge is 0.0433 e. The molecule has 0 radical (unpaired) electrons. The van der Waals surface area contributed by atoms with Gasteiger partial charge in [-0.05, 0) is 125 Å². The minimum atomic E-state index is 1.01. The largest absolute Gasteiger partial charge is 0.135 e. The summed E-state index contributed by atoms with van der Waals surface area (Å²) in [4.78, 5) is 0. The van der Waals surface area contributed by atoms with E-state index < -0.39 is 0 Å². The highest BCUT2D eigenvalue weighted by Gasteiger charge is 2.34. The predicted molar refractivity (Wildman–Crippen MR) is 171 cm³/mol. The SMILES string of the molecule is c1ccc(-c2cc3c4c5c2Cc2ccc6c(c25)c2c(cc(-c5cccc7c5sc5ccccc57)c(c24)C3)C6)cc1. The molecule has 184 valence electrons. The Balaban J connectivity index is 1.31. The Hall–Kier alpha value is -4.46. The number of fused-ring (bicyclic) bond motifs is 3. The van der Waals surface area contributed by atoms with Gasteiger partial charge in [0.2, 0.25) is 0 Å². The van der Waals surface area contributed by atoms with Gasteiger partial charge in [-0.1, -0.05) is 78.9 Å². The van der Waals surface area contributed by atoms with Crippen LogP contribution in [-0.4, -0.2) is 0 Å². The summed E-state index contributed by atoms with van der Waals surface area (Å²) in [7, 11) is 0. The molecule has 0 fully saturated rings. The van der Waals surface area contributed by atoms with Crippen LogP contribution in [0.4, 0.5) is 0 Å². The highest BCUT2D eigenvalue weighted by atomic mass is 32.1. The van der Waals surface area contributed by atoms with Crippen LogP contribution in [-0.2, 0) is 19.3 Å². The minimum absolute atomic E-state index is 1.01. The van der Waals surface area contributed by atoms with Gasteiger partial charge in [-0.3, -0.25) is 0 Å². The molecule has 0 nitrogen and oxygen atoms in total. The third kappa shape index (κ3) is 2.25. The lowest BCUT2D eigenvalue weighted by Gasteiger charge is -2.14. The van der Waals surface area contributed by atoms with E-state index in [0.717, 1.165) is 19.3 Å². The normalized spacial score (nSPS) is 14.2. The molecule has 0 spiro atoms. The number of benzene rings is 7. The molecule has 8 aromatic rings. The molecule has 40 heavy (non-hydrogen) atoms. The maximum absolute atomic E-state index is 2.57. The van der Waals surface area contributed by atoms with Crippen LogP contribution in [0, 0.1) is 0 Å². The third-order valence-corrected chi connectivity index (χ3v) is 11.3. The van der Waals surface area contributed by atoms with Crippen molar-refractivity contribution < 1.29 is 0 Å². The molecule has 0 bridgehead atoms. The van der Waals surface area contributed by atoms with Gasteiger partial charge in [-0.25, -0.2) is 0 Å². The topological polar surface area (TPSA) is 0 Å². The second kappa shape index (κ2) is 6.81. The van der Waals surface area contributed by atoms with E-state index in [0.29, 0.717) is 0 Å². The van der Waals surface area contributed by atoms with E-state index in [1.165, 1.54) is 70.2 Å². The van der Waals surface area contributed by atoms with Gasteiger partial charge in [0.1, 0.15) is 0 Å². The van der Waals surface area contributed by atoms with Crippen LogP contribution in [0.2, 0.25) is 0 Å². The molecule has 11 rings (SSSR count). The molecule has 0 amide bonds. The first kappa shape index (κ1) is 20.4. The van der Waals surface area contributed by atoms with Gasteiger partial charge in [0.25, 0.3) is 0 Å². The Kier molecular flexibility index (Phi) is 3.48. The van der Waals surface area contributed by atoms with Crippen molar-refractivity contribution in [3.05, 3.63) is 130 Å². The lowest BCUT2D eigenvalue weighted by molar-refractivity contribution is 1.24. The van der Waals surface area contributed by atoms with Gasteiger partial charge in [0, 0.05) is 20.2 Å². The van der Waals surface area contributed by atoms with E-state index in [1.54, 1.807) is 37.9 Å². The van der Waals surface area contributed by atoms with Crippen LogP contribution in [0.3, 0.4) is 0 Å². The minimum Gasteiger partial charge on any atom is -0.135 e. The molecule has 0 saturated heterocycles. The molecule has 3 aliphatic rings. The summed E-state index contributed by atoms with van der Waals surface area (Å²) in [5, 5.41) is 12.1. The molecule has 0 aliphatic heterocycles. The lowest BCUT2D eigenvalue weighted by Crippen LogP contribution is -1.92. The van der Waals surface area contributed by atoms with Crippen LogP contribution < -0.4 is 0 Å². The Morgan fingerprint density at radius 3 is 1.95 bits per heavy atom. The third-order valence-electron chi connectivity index (χ3n) is 10.1. The molecule has 0 saturated carbocycles. The fourth-order valence-electron chi connectivity index (χ4n) is 8.54. The second-order valence-electron chi connectivity index (χ2n) is 11.9. The molecule has 0 N–H and O–H groups in total. The van der Waals surface area contributed by atoms with E-state index in [2.05, 4.69) is 97.1 Å².